The smallest absolute Gasteiger partial charge is 0.326 e. The van der Waals surface area contributed by atoms with Crippen LogP contribution in [0, 0.1) is 0 Å². The fraction of sp³-hybridized carbons (Fsp3) is 0.727. The molecule has 20 heavy (non-hydrogen) atoms. The van der Waals surface area contributed by atoms with Crippen LogP contribution in [0.2, 0.25) is 0 Å². The summed E-state index contributed by atoms with van der Waals surface area (Å²) in [4.78, 5) is 33.2. The molecular formula is C11H22N4O4S. The average Bonchev–Trinajstić information content (AvgIpc) is 2.38. The Kier molecular flexibility index (Phi) is 9.56. The number of carbonyl (C=O) groups excluding carboxylic acids is 2. The van der Waals surface area contributed by atoms with Crippen molar-refractivity contribution in [3.63, 3.8) is 0 Å². The van der Waals surface area contributed by atoms with Gasteiger partial charge in [0.25, 0.3) is 0 Å². The molecule has 0 spiro atoms. The van der Waals surface area contributed by atoms with Gasteiger partial charge in [0.05, 0.1) is 6.04 Å². The molecule has 116 valence electrons. The first kappa shape index (κ1) is 18.5. The molecule has 0 bridgehead atoms. The SMILES string of the molecule is CSCCC(N)C(=O)NC(CCCNC(N)=O)C(=O)O. The van der Waals surface area contributed by atoms with Gasteiger partial charge in [0, 0.05) is 6.54 Å². The first-order valence-corrected chi connectivity index (χ1v) is 7.58. The number of amides is 3. The normalized spacial score (nSPS) is 13.3. The van der Waals surface area contributed by atoms with Gasteiger partial charge in [-0.2, -0.15) is 11.8 Å². The van der Waals surface area contributed by atoms with Gasteiger partial charge in [-0.25, -0.2) is 9.59 Å². The predicted octanol–water partition coefficient (Wildman–Crippen LogP) is -0.915. The van der Waals surface area contributed by atoms with Crippen molar-refractivity contribution in [2.24, 2.45) is 11.5 Å². The second-order valence-corrected chi connectivity index (χ2v) is 5.21. The number of hydrogen-bond donors (Lipinski definition) is 5. The van der Waals surface area contributed by atoms with Crippen LogP contribution in [0.4, 0.5) is 4.79 Å². The maximum absolute atomic E-state index is 11.7. The van der Waals surface area contributed by atoms with E-state index in [9.17, 15) is 14.4 Å². The number of rotatable bonds is 10. The molecule has 8 nitrogen and oxygen atoms in total. The largest absolute Gasteiger partial charge is 0.480 e. The minimum atomic E-state index is -1.13. The van der Waals surface area contributed by atoms with Gasteiger partial charge in [-0.3, -0.25) is 4.79 Å². The Morgan fingerprint density at radius 1 is 1.30 bits per heavy atom. The lowest BCUT2D eigenvalue weighted by molar-refractivity contribution is -0.142. The maximum atomic E-state index is 11.7. The van der Waals surface area contributed by atoms with E-state index >= 15 is 0 Å². The summed E-state index contributed by atoms with van der Waals surface area (Å²) in [5, 5.41) is 13.8. The molecule has 0 rings (SSSR count). The number of carbonyl (C=O) groups is 3. The third kappa shape index (κ3) is 8.59. The molecule has 0 aliphatic rings. The molecule has 0 radical (unpaired) electrons. The number of thioether (sulfide) groups is 1. The van der Waals surface area contributed by atoms with Gasteiger partial charge < -0.3 is 27.2 Å². The summed E-state index contributed by atoms with van der Waals surface area (Å²) in [6.07, 6.45) is 2.97. The van der Waals surface area contributed by atoms with Crippen molar-refractivity contribution in [1.29, 1.82) is 0 Å². The van der Waals surface area contributed by atoms with Crippen molar-refractivity contribution in [2.45, 2.75) is 31.3 Å². The van der Waals surface area contributed by atoms with Gasteiger partial charge in [-0.05, 0) is 31.3 Å². The van der Waals surface area contributed by atoms with Crippen LogP contribution in [0.5, 0.6) is 0 Å². The number of carboxylic acids is 1. The standard InChI is InChI=1S/C11H22N4O4S/c1-20-6-4-7(12)9(16)15-8(10(17)18)3-2-5-14-11(13)19/h7-8H,2-6,12H2,1H3,(H,15,16)(H,17,18)(H3,13,14,19). The molecule has 7 N–H and O–H groups in total. The molecule has 2 unspecified atom stereocenters. The summed E-state index contributed by atoms with van der Waals surface area (Å²) < 4.78 is 0. The van der Waals surface area contributed by atoms with E-state index in [1.54, 1.807) is 11.8 Å². The minimum absolute atomic E-state index is 0.191. The van der Waals surface area contributed by atoms with Gasteiger partial charge in [0.15, 0.2) is 0 Å². The molecule has 0 saturated heterocycles. The van der Waals surface area contributed by atoms with Crippen LogP contribution in [0.25, 0.3) is 0 Å². The van der Waals surface area contributed by atoms with E-state index in [4.69, 9.17) is 16.6 Å². The van der Waals surface area contributed by atoms with Crippen molar-refractivity contribution in [2.75, 3.05) is 18.6 Å². The van der Waals surface area contributed by atoms with Crippen LogP contribution < -0.4 is 22.1 Å². The van der Waals surface area contributed by atoms with Gasteiger partial charge in [0.2, 0.25) is 5.91 Å². The van der Waals surface area contributed by atoms with E-state index in [1.807, 2.05) is 6.26 Å². The van der Waals surface area contributed by atoms with Crippen LogP contribution in [0.15, 0.2) is 0 Å². The van der Waals surface area contributed by atoms with E-state index in [0.29, 0.717) is 12.8 Å². The molecule has 0 heterocycles. The number of hydrogen-bond acceptors (Lipinski definition) is 5. The van der Waals surface area contributed by atoms with Gasteiger partial charge in [0.1, 0.15) is 6.04 Å². The highest BCUT2D eigenvalue weighted by atomic mass is 32.2. The van der Waals surface area contributed by atoms with Crippen LogP contribution in [0.1, 0.15) is 19.3 Å². The highest BCUT2D eigenvalue weighted by Gasteiger charge is 2.22. The fourth-order valence-corrected chi connectivity index (χ4v) is 1.92. The molecule has 0 aromatic rings. The zero-order valence-corrected chi connectivity index (χ0v) is 12.2. The van der Waals surface area contributed by atoms with Crippen LogP contribution in [0.3, 0.4) is 0 Å². The van der Waals surface area contributed by atoms with Gasteiger partial charge >= 0.3 is 12.0 Å². The monoisotopic (exact) mass is 306 g/mol. The zero-order valence-electron chi connectivity index (χ0n) is 11.4. The van der Waals surface area contributed by atoms with E-state index in [-0.39, 0.29) is 13.0 Å². The Morgan fingerprint density at radius 2 is 1.95 bits per heavy atom. The summed E-state index contributed by atoms with van der Waals surface area (Å²) in [6.45, 7) is 0.257. The Labute approximate surface area is 122 Å². The Morgan fingerprint density at radius 3 is 2.45 bits per heavy atom. The highest BCUT2D eigenvalue weighted by molar-refractivity contribution is 7.98. The highest BCUT2D eigenvalue weighted by Crippen LogP contribution is 2.01. The number of aliphatic carboxylic acids is 1. The maximum Gasteiger partial charge on any atom is 0.326 e. The third-order valence-corrected chi connectivity index (χ3v) is 3.20. The van der Waals surface area contributed by atoms with Gasteiger partial charge in [-0.15, -0.1) is 0 Å². The lowest BCUT2D eigenvalue weighted by Crippen LogP contribution is -2.48. The second kappa shape index (κ2) is 10.3. The van der Waals surface area contributed by atoms with Crippen molar-refractivity contribution in [3.8, 4) is 0 Å². The summed E-state index contributed by atoms with van der Waals surface area (Å²) in [7, 11) is 0. The molecule has 0 aliphatic heterocycles. The zero-order chi connectivity index (χ0) is 15.5. The molecule has 0 aliphatic carbocycles. The van der Waals surface area contributed by atoms with E-state index in [0.717, 1.165) is 5.75 Å². The van der Waals surface area contributed by atoms with Crippen LogP contribution in [-0.2, 0) is 9.59 Å². The molecule has 0 aromatic heterocycles. The second-order valence-electron chi connectivity index (χ2n) is 4.22. The molecule has 2 atom stereocenters. The summed E-state index contributed by atoms with van der Waals surface area (Å²) in [5.41, 5.74) is 10.5. The topological polar surface area (TPSA) is 148 Å². The van der Waals surface area contributed by atoms with Gasteiger partial charge in [-0.1, -0.05) is 0 Å². The lowest BCUT2D eigenvalue weighted by atomic mass is 10.1. The molecular weight excluding hydrogens is 284 g/mol. The van der Waals surface area contributed by atoms with Crippen molar-refractivity contribution >= 4 is 29.7 Å². The molecule has 0 fully saturated rings. The summed E-state index contributed by atoms with van der Waals surface area (Å²) in [6, 6.07) is -2.40. The Balaban J connectivity index is 4.15. The summed E-state index contributed by atoms with van der Waals surface area (Å²) in [5.74, 6) is -0.877. The number of carboxylic acid groups (broad SMARTS) is 1. The van der Waals surface area contributed by atoms with E-state index in [2.05, 4.69) is 10.6 Å². The fourth-order valence-electron chi connectivity index (χ4n) is 1.43. The molecule has 9 heteroatoms. The Hall–Kier alpha value is -1.48. The Bertz CT molecular complexity index is 340. The molecule has 0 aromatic carbocycles. The van der Waals surface area contributed by atoms with Crippen molar-refractivity contribution in [1.82, 2.24) is 10.6 Å². The lowest BCUT2D eigenvalue weighted by Gasteiger charge is -2.17. The van der Waals surface area contributed by atoms with E-state index in [1.165, 1.54) is 0 Å². The quantitative estimate of drug-likeness (QED) is 0.330. The minimum Gasteiger partial charge on any atom is -0.480 e. The molecule has 3 amide bonds. The average molecular weight is 306 g/mol. The number of urea groups is 1. The first-order chi connectivity index (χ1) is 9.38. The van der Waals surface area contributed by atoms with Crippen LogP contribution in [-0.4, -0.2) is 53.7 Å². The summed E-state index contributed by atoms with van der Waals surface area (Å²) >= 11 is 1.56. The van der Waals surface area contributed by atoms with Crippen molar-refractivity contribution < 1.29 is 19.5 Å². The van der Waals surface area contributed by atoms with Crippen LogP contribution >= 0.6 is 11.8 Å². The van der Waals surface area contributed by atoms with Crippen molar-refractivity contribution in [3.05, 3.63) is 0 Å². The molecule has 0 saturated carbocycles. The first-order valence-electron chi connectivity index (χ1n) is 6.19. The number of nitrogens with two attached hydrogens (primary N) is 2. The predicted molar refractivity (Wildman–Crippen MR) is 77.4 cm³/mol. The third-order valence-electron chi connectivity index (χ3n) is 2.55. The number of primary amides is 1. The van der Waals surface area contributed by atoms with E-state index < -0.39 is 30.0 Å². The number of nitrogens with one attached hydrogen (secondary N) is 2.